The van der Waals surface area contributed by atoms with Crippen LogP contribution in [0.15, 0.2) is 87.7 Å². The number of amides is 1. The molecule has 0 radical (unpaired) electrons. The van der Waals surface area contributed by atoms with Gasteiger partial charge in [0.25, 0.3) is 16.0 Å². The van der Waals surface area contributed by atoms with Crippen LogP contribution in [0.2, 0.25) is 0 Å². The molecule has 1 atom stereocenters. The highest BCUT2D eigenvalue weighted by Gasteiger charge is 2.58. The van der Waals surface area contributed by atoms with E-state index < -0.39 is 15.1 Å². The van der Waals surface area contributed by atoms with Crippen molar-refractivity contribution in [3.63, 3.8) is 0 Å². The fourth-order valence-corrected chi connectivity index (χ4v) is 7.87. The van der Waals surface area contributed by atoms with Crippen LogP contribution in [0, 0.1) is 0 Å². The van der Waals surface area contributed by atoms with Crippen LogP contribution >= 0.6 is 23.1 Å². The summed E-state index contributed by atoms with van der Waals surface area (Å²) in [5.41, 5.74) is 4.13. The zero-order valence-electron chi connectivity index (χ0n) is 21.8. The van der Waals surface area contributed by atoms with E-state index in [9.17, 15) is 17.8 Å². The third-order valence-electron chi connectivity index (χ3n) is 6.68. The van der Waals surface area contributed by atoms with E-state index in [-0.39, 0.29) is 10.8 Å². The average molecular weight is 592 g/mol. The molecule has 4 aromatic rings. The van der Waals surface area contributed by atoms with Crippen molar-refractivity contribution in [2.24, 2.45) is 5.10 Å². The van der Waals surface area contributed by atoms with E-state index in [2.05, 4.69) is 0 Å². The lowest BCUT2D eigenvalue weighted by Gasteiger charge is -2.38. The molecule has 0 saturated carbocycles. The third kappa shape index (κ3) is 4.56. The fraction of sp³-hybridized carbons (Fsp3) is 0.179. The van der Waals surface area contributed by atoms with Crippen molar-refractivity contribution in [2.75, 3.05) is 28.9 Å². The number of benzene rings is 3. The molecule has 40 heavy (non-hydrogen) atoms. The Morgan fingerprint density at radius 2 is 1.73 bits per heavy atom. The van der Waals surface area contributed by atoms with Gasteiger partial charge in [0.1, 0.15) is 0 Å². The van der Waals surface area contributed by atoms with Crippen LogP contribution in [0.5, 0.6) is 0 Å². The van der Waals surface area contributed by atoms with Crippen molar-refractivity contribution in [1.29, 1.82) is 0 Å². The first-order chi connectivity index (χ1) is 19.0. The number of aromatic nitrogens is 1. The number of thioether (sulfide) groups is 1. The normalized spacial score (nSPS) is 20.2. The van der Waals surface area contributed by atoms with Gasteiger partial charge >= 0.3 is 0 Å². The van der Waals surface area contributed by atoms with Gasteiger partial charge in [-0.15, -0.1) is 0 Å². The van der Waals surface area contributed by atoms with Gasteiger partial charge in [-0.2, -0.15) is 13.5 Å². The highest BCUT2D eigenvalue weighted by molar-refractivity contribution is 8.06. The minimum atomic E-state index is -4.36. The SMILES string of the molecule is CC1=NN(c2ccc(S(=O)(=O)O)cc2)C2(C1)S/C(=C\c1ccc(N(C)C)cc1)C(=O)N2c1nc2ccccc2s1. The van der Waals surface area contributed by atoms with E-state index in [1.54, 1.807) is 22.0 Å². The maximum absolute atomic E-state index is 14.2. The van der Waals surface area contributed by atoms with Crippen LogP contribution in [0.25, 0.3) is 16.3 Å². The lowest BCUT2D eigenvalue weighted by molar-refractivity contribution is -0.114. The Kier molecular flexibility index (Phi) is 6.45. The lowest BCUT2D eigenvalue weighted by atomic mass is 10.1. The highest BCUT2D eigenvalue weighted by atomic mass is 32.2. The monoisotopic (exact) mass is 591 g/mol. The Morgan fingerprint density at radius 3 is 2.38 bits per heavy atom. The van der Waals surface area contributed by atoms with Gasteiger partial charge in [-0.05, 0) is 67.1 Å². The van der Waals surface area contributed by atoms with Crippen molar-refractivity contribution in [2.45, 2.75) is 23.2 Å². The van der Waals surface area contributed by atoms with Gasteiger partial charge in [0.2, 0.25) is 4.99 Å². The number of hydrazone groups is 1. The van der Waals surface area contributed by atoms with Gasteiger partial charge in [-0.25, -0.2) is 14.9 Å². The Morgan fingerprint density at radius 1 is 1.02 bits per heavy atom. The standard InChI is InChI=1S/C28H25N5O4S3/c1-18-17-28(33(30-18)21-12-14-22(15-13-21)40(35,36)37)32(27-29-23-6-4-5-7-24(23)38-27)26(34)25(39-28)16-19-8-10-20(11-9-19)31(2)3/h4-16H,17H2,1-3H3,(H,35,36,37)/b25-16-. The molecule has 1 aromatic heterocycles. The zero-order valence-corrected chi connectivity index (χ0v) is 24.3. The van der Waals surface area contributed by atoms with Gasteiger partial charge in [-0.3, -0.25) is 9.35 Å². The molecule has 3 aromatic carbocycles. The number of hydrogen-bond acceptors (Lipinski definition) is 9. The Labute approximate surface area is 240 Å². The van der Waals surface area contributed by atoms with Crippen LogP contribution in [-0.4, -0.2) is 48.7 Å². The molecule has 12 heteroatoms. The van der Waals surface area contributed by atoms with Gasteiger partial charge < -0.3 is 4.90 Å². The molecule has 0 bridgehead atoms. The van der Waals surface area contributed by atoms with E-state index >= 15 is 0 Å². The Bertz CT molecular complexity index is 1760. The molecule has 3 heterocycles. The number of nitrogens with zero attached hydrogens (tertiary/aromatic N) is 5. The average Bonchev–Trinajstić information content (AvgIpc) is 3.56. The van der Waals surface area contributed by atoms with E-state index in [0.717, 1.165) is 27.2 Å². The summed E-state index contributed by atoms with van der Waals surface area (Å²) in [5.74, 6) is -0.190. The van der Waals surface area contributed by atoms with Gasteiger partial charge in [-0.1, -0.05) is 47.4 Å². The number of hydrogen-bond donors (Lipinski definition) is 1. The van der Waals surface area contributed by atoms with Crippen molar-refractivity contribution < 1.29 is 17.8 Å². The molecule has 2 aliphatic heterocycles. The quantitative estimate of drug-likeness (QED) is 0.234. The molecular weight excluding hydrogens is 567 g/mol. The summed E-state index contributed by atoms with van der Waals surface area (Å²) < 4.78 is 33.7. The van der Waals surface area contributed by atoms with Gasteiger partial charge in [0.05, 0.1) is 25.7 Å². The number of carbonyl (C=O) groups excluding carboxylic acids is 1. The molecule has 1 spiro atoms. The molecule has 6 rings (SSSR count). The lowest BCUT2D eigenvalue weighted by Crippen LogP contribution is -2.53. The predicted octanol–water partition coefficient (Wildman–Crippen LogP) is 5.67. The summed E-state index contributed by atoms with van der Waals surface area (Å²) in [6.45, 7) is 1.90. The maximum Gasteiger partial charge on any atom is 0.294 e. The summed E-state index contributed by atoms with van der Waals surface area (Å²) in [6.07, 6.45) is 2.32. The van der Waals surface area contributed by atoms with Crippen molar-refractivity contribution >= 4 is 77.6 Å². The first kappa shape index (κ1) is 26.5. The number of thiazole rings is 1. The van der Waals surface area contributed by atoms with Gasteiger partial charge in [0.15, 0.2) is 5.13 Å². The summed E-state index contributed by atoms with van der Waals surface area (Å²) in [6, 6.07) is 21.5. The minimum Gasteiger partial charge on any atom is -0.378 e. The van der Waals surface area contributed by atoms with Crippen LogP contribution < -0.4 is 14.8 Å². The smallest absolute Gasteiger partial charge is 0.294 e. The number of para-hydroxylation sites is 1. The zero-order chi connectivity index (χ0) is 28.2. The molecule has 204 valence electrons. The van der Waals surface area contributed by atoms with Crippen molar-refractivity contribution in [3.05, 3.63) is 83.3 Å². The molecule has 9 nitrogen and oxygen atoms in total. The van der Waals surface area contributed by atoms with E-state index in [1.165, 1.54) is 35.2 Å². The molecule has 1 N–H and O–H groups in total. The number of rotatable bonds is 5. The minimum absolute atomic E-state index is 0.190. The number of fused-ring (bicyclic) bond motifs is 1. The Balaban J connectivity index is 1.48. The van der Waals surface area contributed by atoms with Crippen LogP contribution in [-0.2, 0) is 14.9 Å². The predicted molar refractivity (Wildman–Crippen MR) is 163 cm³/mol. The largest absolute Gasteiger partial charge is 0.378 e. The third-order valence-corrected chi connectivity index (χ3v) is 9.91. The second kappa shape index (κ2) is 9.73. The van der Waals surface area contributed by atoms with Crippen LogP contribution in [0.3, 0.4) is 0 Å². The van der Waals surface area contributed by atoms with E-state index in [1.807, 2.05) is 80.5 Å². The fourth-order valence-electron chi connectivity index (χ4n) is 4.80. The summed E-state index contributed by atoms with van der Waals surface area (Å²) >= 11 is 2.84. The van der Waals surface area contributed by atoms with Crippen LogP contribution in [0.4, 0.5) is 16.5 Å². The van der Waals surface area contributed by atoms with Crippen LogP contribution in [0.1, 0.15) is 18.9 Å². The molecule has 0 aliphatic carbocycles. The molecule has 1 unspecified atom stereocenters. The summed E-state index contributed by atoms with van der Waals surface area (Å²) in [7, 11) is -0.405. The molecule has 2 aliphatic rings. The summed E-state index contributed by atoms with van der Waals surface area (Å²) in [5, 5.41) is 7.09. The van der Waals surface area contributed by atoms with Crippen molar-refractivity contribution in [1.82, 2.24) is 4.98 Å². The molecule has 1 fully saturated rings. The van der Waals surface area contributed by atoms with E-state index in [0.29, 0.717) is 22.1 Å². The maximum atomic E-state index is 14.2. The number of anilines is 3. The number of carbonyl (C=O) groups is 1. The highest BCUT2D eigenvalue weighted by Crippen LogP contribution is 2.55. The molecular formula is C28H25N5O4S3. The topological polar surface area (TPSA) is 106 Å². The first-order valence-electron chi connectivity index (χ1n) is 12.4. The first-order valence-corrected chi connectivity index (χ1v) is 15.4. The second-order valence-electron chi connectivity index (χ2n) is 9.74. The molecule has 1 saturated heterocycles. The van der Waals surface area contributed by atoms with E-state index in [4.69, 9.17) is 10.1 Å². The van der Waals surface area contributed by atoms with Crippen molar-refractivity contribution in [3.8, 4) is 0 Å². The second-order valence-corrected chi connectivity index (χ2v) is 13.5. The summed E-state index contributed by atoms with van der Waals surface area (Å²) in [4.78, 5) is 22.1. The molecule has 1 amide bonds. The Hall–Kier alpha value is -3.71. The van der Waals surface area contributed by atoms with Gasteiger partial charge in [0, 0.05) is 31.9 Å².